The van der Waals surface area contributed by atoms with Crippen LogP contribution < -0.4 is 0 Å². The van der Waals surface area contributed by atoms with Crippen LogP contribution in [0.25, 0.3) is 0 Å². The summed E-state index contributed by atoms with van der Waals surface area (Å²) in [5, 5.41) is 0.0636. The lowest BCUT2D eigenvalue weighted by Crippen LogP contribution is -2.32. The van der Waals surface area contributed by atoms with Gasteiger partial charge in [0.2, 0.25) is 0 Å². The Morgan fingerprint density at radius 3 is 2.40 bits per heavy atom. The predicted molar refractivity (Wildman–Crippen MR) is 69.4 cm³/mol. The second-order valence-electron chi connectivity index (χ2n) is 6.48. The zero-order chi connectivity index (χ0) is 11.5. The van der Waals surface area contributed by atoms with Crippen molar-refractivity contribution >= 4 is 7.85 Å². The van der Waals surface area contributed by atoms with Crippen LogP contribution in [0.4, 0.5) is 0 Å². The Balaban J connectivity index is 2.75. The lowest BCUT2D eigenvalue weighted by molar-refractivity contribution is 0.179. The summed E-state index contributed by atoms with van der Waals surface area (Å²) in [6.45, 7) is 9.24. The summed E-state index contributed by atoms with van der Waals surface area (Å²) in [5.41, 5.74) is 0.248. The average Bonchev–Trinajstić information content (AvgIpc) is 2.09. The Hall–Kier alpha value is 0.0649. The highest BCUT2D eigenvalue weighted by atomic mass is 14.4. The van der Waals surface area contributed by atoms with Gasteiger partial charge < -0.3 is 0 Å². The fourth-order valence-electron chi connectivity index (χ4n) is 2.80. The van der Waals surface area contributed by atoms with E-state index >= 15 is 0 Å². The summed E-state index contributed by atoms with van der Waals surface area (Å²) >= 11 is 0. The highest BCUT2D eigenvalue weighted by Crippen LogP contribution is 2.53. The molecular formula is C14H27B. The molecule has 0 amide bonds. The topological polar surface area (TPSA) is 0 Å². The number of hydrogen-bond acceptors (Lipinski definition) is 0. The Kier molecular flexibility index (Phi) is 4.32. The van der Waals surface area contributed by atoms with Crippen molar-refractivity contribution in [3.63, 3.8) is 0 Å². The van der Waals surface area contributed by atoms with Gasteiger partial charge in [-0.2, -0.15) is 0 Å². The molecule has 0 N–H and O–H groups in total. The molecule has 1 aliphatic rings. The van der Waals surface area contributed by atoms with Gasteiger partial charge in [0.1, 0.15) is 0 Å². The van der Waals surface area contributed by atoms with Gasteiger partial charge in [-0.05, 0) is 11.3 Å². The Morgan fingerprint density at radius 1 is 1.20 bits per heavy atom. The summed E-state index contributed by atoms with van der Waals surface area (Å²) < 4.78 is 0. The first-order valence-corrected chi connectivity index (χ1v) is 6.68. The quantitative estimate of drug-likeness (QED) is 0.543. The van der Waals surface area contributed by atoms with E-state index in [9.17, 15) is 0 Å². The highest BCUT2D eigenvalue weighted by molar-refractivity contribution is 6.15. The van der Waals surface area contributed by atoms with Crippen molar-refractivity contribution in [2.75, 3.05) is 0 Å². The van der Waals surface area contributed by atoms with E-state index in [2.05, 4.69) is 27.7 Å². The Labute approximate surface area is 97.6 Å². The summed E-state index contributed by atoms with van der Waals surface area (Å²) in [4.78, 5) is 0. The van der Waals surface area contributed by atoms with E-state index in [-0.39, 0.29) is 10.7 Å². The third-order valence-corrected chi connectivity index (χ3v) is 4.46. The average molecular weight is 206 g/mol. The Bertz CT molecular complexity index is 192. The first-order chi connectivity index (χ1) is 6.89. The monoisotopic (exact) mass is 206 g/mol. The molecule has 1 rings (SSSR count). The van der Waals surface area contributed by atoms with Gasteiger partial charge in [-0.15, -0.1) is 0 Å². The van der Waals surface area contributed by atoms with Crippen LogP contribution >= 0.6 is 0 Å². The molecule has 0 aromatic carbocycles. The van der Waals surface area contributed by atoms with Crippen molar-refractivity contribution in [2.45, 2.75) is 78.0 Å². The molecule has 15 heavy (non-hydrogen) atoms. The molecule has 0 bridgehead atoms. The van der Waals surface area contributed by atoms with Gasteiger partial charge in [0.05, 0.1) is 7.85 Å². The van der Waals surface area contributed by atoms with Crippen molar-refractivity contribution in [3.05, 3.63) is 0 Å². The molecule has 1 aliphatic carbocycles. The molecule has 2 atom stereocenters. The van der Waals surface area contributed by atoms with E-state index < -0.39 is 0 Å². The van der Waals surface area contributed by atoms with Crippen molar-refractivity contribution in [2.24, 2.45) is 11.3 Å². The smallest absolute Gasteiger partial charge is 0.0651 e. The van der Waals surface area contributed by atoms with Gasteiger partial charge >= 0.3 is 0 Å². The van der Waals surface area contributed by atoms with Gasteiger partial charge in [-0.1, -0.05) is 78.0 Å². The van der Waals surface area contributed by atoms with E-state index in [1.54, 1.807) is 0 Å². The van der Waals surface area contributed by atoms with E-state index in [1.807, 2.05) is 0 Å². The van der Waals surface area contributed by atoms with Crippen LogP contribution in [0, 0.1) is 11.3 Å². The zero-order valence-electron chi connectivity index (χ0n) is 11.1. The molecule has 0 aliphatic heterocycles. The van der Waals surface area contributed by atoms with E-state index in [4.69, 9.17) is 7.85 Å². The van der Waals surface area contributed by atoms with Gasteiger partial charge in [0.15, 0.2) is 0 Å². The van der Waals surface area contributed by atoms with Crippen LogP contribution in [-0.4, -0.2) is 7.85 Å². The minimum atomic E-state index is 0.0636. The van der Waals surface area contributed by atoms with Crippen LogP contribution in [0.2, 0.25) is 5.31 Å². The van der Waals surface area contributed by atoms with Crippen molar-refractivity contribution in [1.82, 2.24) is 0 Å². The minimum Gasteiger partial charge on any atom is -0.0651 e. The molecule has 0 heterocycles. The van der Waals surface area contributed by atoms with Gasteiger partial charge in [-0.3, -0.25) is 0 Å². The summed E-state index contributed by atoms with van der Waals surface area (Å²) in [7, 11) is 6.67. The van der Waals surface area contributed by atoms with Crippen molar-refractivity contribution in [1.29, 1.82) is 0 Å². The maximum absolute atomic E-state index is 6.67. The van der Waals surface area contributed by atoms with Crippen molar-refractivity contribution in [3.8, 4) is 0 Å². The molecule has 0 spiro atoms. The maximum atomic E-state index is 6.67. The molecule has 0 nitrogen and oxygen atoms in total. The SMILES string of the molecule is [B]C1(C(C)(C)C)CCCCCC(CC)C1. The molecule has 0 aromatic rings. The Morgan fingerprint density at radius 2 is 1.87 bits per heavy atom. The van der Waals surface area contributed by atoms with Crippen LogP contribution in [0.15, 0.2) is 0 Å². The number of rotatable bonds is 1. The molecule has 1 heteroatoms. The zero-order valence-corrected chi connectivity index (χ0v) is 11.1. The summed E-state index contributed by atoms with van der Waals surface area (Å²) in [6.07, 6.45) is 9.26. The van der Waals surface area contributed by atoms with E-state index in [0.717, 1.165) is 5.92 Å². The molecule has 2 unspecified atom stereocenters. The van der Waals surface area contributed by atoms with Gasteiger partial charge in [-0.25, -0.2) is 0 Å². The predicted octanol–water partition coefficient (Wildman–Crippen LogP) is 4.74. The second-order valence-corrected chi connectivity index (χ2v) is 6.48. The van der Waals surface area contributed by atoms with Crippen LogP contribution in [-0.2, 0) is 0 Å². The molecule has 2 radical (unpaired) electrons. The van der Waals surface area contributed by atoms with Crippen molar-refractivity contribution < 1.29 is 0 Å². The first kappa shape index (κ1) is 13.1. The van der Waals surface area contributed by atoms with E-state index in [1.165, 1.54) is 44.9 Å². The normalized spacial score (nSPS) is 34.5. The lowest BCUT2D eigenvalue weighted by Gasteiger charge is -2.46. The lowest BCUT2D eigenvalue weighted by atomic mass is 9.48. The summed E-state index contributed by atoms with van der Waals surface area (Å²) in [5.74, 6) is 0.856. The fraction of sp³-hybridized carbons (Fsp3) is 1.00. The fourth-order valence-corrected chi connectivity index (χ4v) is 2.80. The van der Waals surface area contributed by atoms with Crippen LogP contribution in [0.3, 0.4) is 0 Å². The van der Waals surface area contributed by atoms with Crippen LogP contribution in [0.1, 0.15) is 72.6 Å². The third-order valence-electron chi connectivity index (χ3n) is 4.46. The summed E-state index contributed by atoms with van der Waals surface area (Å²) in [6, 6.07) is 0. The minimum absolute atomic E-state index is 0.0636. The first-order valence-electron chi connectivity index (χ1n) is 6.68. The second kappa shape index (κ2) is 4.93. The molecule has 0 aromatic heterocycles. The highest BCUT2D eigenvalue weighted by Gasteiger charge is 2.38. The molecule has 1 saturated carbocycles. The maximum Gasteiger partial charge on any atom is 0.0753 e. The standard InChI is InChI=1S/C14H27B/c1-5-12-9-7-6-8-10-14(15,11-12)13(2,3)4/h12H,5-11H2,1-4H3. The molecule has 1 fully saturated rings. The van der Waals surface area contributed by atoms with Gasteiger partial charge in [0, 0.05) is 0 Å². The van der Waals surface area contributed by atoms with E-state index in [0.29, 0.717) is 0 Å². The van der Waals surface area contributed by atoms with Crippen LogP contribution in [0.5, 0.6) is 0 Å². The third kappa shape index (κ3) is 3.26. The largest absolute Gasteiger partial charge is 0.0753 e. The van der Waals surface area contributed by atoms with Gasteiger partial charge in [0.25, 0.3) is 0 Å². The molecule has 86 valence electrons. The molecule has 0 saturated heterocycles. The number of hydrogen-bond donors (Lipinski definition) is 0. The molecular weight excluding hydrogens is 179 g/mol.